The van der Waals surface area contributed by atoms with Gasteiger partial charge in [-0.15, -0.1) is 0 Å². The third kappa shape index (κ3) is 4.07. The fourth-order valence-electron chi connectivity index (χ4n) is 2.69. The van der Waals surface area contributed by atoms with Gasteiger partial charge in [0.05, 0.1) is 0 Å². The SMILES string of the molecule is C[C@H]1c2ccccc2C2=NCC[C@@H]21.[C-]#[O+].[C-]#[O+].[C-]#[O+].[Cr]. The molecule has 0 N–H and O–H groups in total. The van der Waals surface area contributed by atoms with Crippen LogP contribution in [0.3, 0.4) is 0 Å². The standard InChI is InChI=1S/C12H13N.3CO.Cr/c1-8-9-4-2-3-5-11(9)12-10(8)6-7-13-12;3*1-2;/h2-5,8,10H,6-7H2,1H3;;;;/t8-,10+;;;;/m0..../s1. The molecule has 0 saturated heterocycles. The van der Waals surface area contributed by atoms with Gasteiger partial charge in [0, 0.05) is 35.5 Å². The molecule has 102 valence electrons. The van der Waals surface area contributed by atoms with Crippen molar-refractivity contribution in [1.29, 1.82) is 0 Å². The summed E-state index contributed by atoms with van der Waals surface area (Å²) in [5.41, 5.74) is 4.30. The summed E-state index contributed by atoms with van der Waals surface area (Å²) in [6, 6.07) is 8.72. The molecule has 20 heavy (non-hydrogen) atoms. The molecule has 0 saturated carbocycles. The van der Waals surface area contributed by atoms with Crippen LogP contribution in [-0.2, 0) is 31.3 Å². The van der Waals surface area contributed by atoms with Gasteiger partial charge in [0.2, 0.25) is 0 Å². The van der Waals surface area contributed by atoms with E-state index in [2.05, 4.69) is 56.1 Å². The molecule has 0 radical (unpaired) electrons. The molecule has 1 heterocycles. The Morgan fingerprint density at radius 2 is 1.60 bits per heavy atom. The molecule has 4 nitrogen and oxygen atoms in total. The van der Waals surface area contributed by atoms with Crippen molar-refractivity contribution in [2.45, 2.75) is 19.3 Å². The van der Waals surface area contributed by atoms with E-state index in [0.29, 0.717) is 5.92 Å². The van der Waals surface area contributed by atoms with E-state index >= 15 is 0 Å². The number of benzene rings is 1. The zero-order chi connectivity index (χ0) is 14.8. The molecule has 1 aromatic carbocycles. The van der Waals surface area contributed by atoms with Gasteiger partial charge >= 0.3 is 33.9 Å². The summed E-state index contributed by atoms with van der Waals surface area (Å²) in [7, 11) is 0. The van der Waals surface area contributed by atoms with E-state index in [1.165, 1.54) is 23.3 Å². The van der Waals surface area contributed by atoms with Gasteiger partial charge in [-0.25, -0.2) is 0 Å². The van der Waals surface area contributed by atoms with Gasteiger partial charge < -0.3 is 0 Å². The third-order valence-corrected chi connectivity index (χ3v) is 3.40. The van der Waals surface area contributed by atoms with Crippen molar-refractivity contribution < 1.29 is 31.3 Å². The van der Waals surface area contributed by atoms with E-state index in [4.69, 9.17) is 14.0 Å². The first-order chi connectivity index (χ1) is 9.38. The topological polar surface area (TPSA) is 72.1 Å². The Labute approximate surface area is 129 Å². The first-order valence-electron chi connectivity index (χ1n) is 5.63. The minimum atomic E-state index is 0. The summed E-state index contributed by atoms with van der Waals surface area (Å²) in [5, 5.41) is 0. The predicted octanol–water partition coefficient (Wildman–Crippen LogP) is 2.50. The normalized spacial score (nSPS) is 19.6. The zero-order valence-electron chi connectivity index (χ0n) is 11.0. The van der Waals surface area contributed by atoms with E-state index in [-0.39, 0.29) is 17.4 Å². The van der Waals surface area contributed by atoms with Crippen LogP contribution in [0.25, 0.3) is 0 Å². The van der Waals surface area contributed by atoms with Crippen LogP contribution in [0, 0.1) is 25.9 Å². The number of hydrogen-bond donors (Lipinski definition) is 0. The maximum Gasteiger partial charge on any atom is 0 e. The van der Waals surface area contributed by atoms with E-state index in [9.17, 15) is 0 Å². The maximum atomic E-state index is 7.50. The van der Waals surface area contributed by atoms with Crippen LogP contribution in [0.1, 0.15) is 30.4 Å². The molecule has 0 amide bonds. The van der Waals surface area contributed by atoms with Gasteiger partial charge in [-0.05, 0) is 23.5 Å². The quantitative estimate of drug-likeness (QED) is 0.522. The van der Waals surface area contributed by atoms with Crippen molar-refractivity contribution in [3.63, 3.8) is 0 Å². The number of hydrogen-bond acceptors (Lipinski definition) is 1. The minimum Gasteiger partial charge on any atom is 0 e. The second-order valence-electron chi connectivity index (χ2n) is 4.04. The van der Waals surface area contributed by atoms with Crippen molar-refractivity contribution in [3.8, 4) is 0 Å². The van der Waals surface area contributed by atoms with E-state index in [0.717, 1.165) is 12.5 Å². The first kappa shape index (κ1) is 21.0. The molecule has 1 aromatic rings. The summed E-state index contributed by atoms with van der Waals surface area (Å²) >= 11 is 0. The number of rotatable bonds is 0. The van der Waals surface area contributed by atoms with Gasteiger partial charge in [0.15, 0.2) is 0 Å². The smallest absolute Gasteiger partial charge is 0 e. The van der Waals surface area contributed by atoms with Crippen LogP contribution in [0.4, 0.5) is 0 Å². The Morgan fingerprint density at radius 3 is 2.20 bits per heavy atom. The first-order valence-corrected chi connectivity index (χ1v) is 5.63. The summed E-state index contributed by atoms with van der Waals surface area (Å²) in [5.74, 6) is 1.41. The van der Waals surface area contributed by atoms with Crippen LogP contribution in [0.2, 0.25) is 0 Å². The summed E-state index contributed by atoms with van der Waals surface area (Å²) in [4.78, 5) is 4.61. The van der Waals surface area contributed by atoms with Gasteiger partial charge in [-0.2, -0.15) is 0 Å². The molecule has 0 bridgehead atoms. The molecular formula is C15H13CrNO3. The average molecular weight is 307 g/mol. The average Bonchev–Trinajstić information content (AvgIpc) is 3.10. The van der Waals surface area contributed by atoms with Crippen LogP contribution < -0.4 is 0 Å². The predicted molar refractivity (Wildman–Crippen MR) is 66.2 cm³/mol. The van der Waals surface area contributed by atoms with Gasteiger partial charge in [0.1, 0.15) is 0 Å². The molecule has 0 aromatic heterocycles. The Morgan fingerprint density at radius 1 is 1.05 bits per heavy atom. The van der Waals surface area contributed by atoms with Gasteiger partial charge in [-0.3, -0.25) is 4.99 Å². The number of nitrogens with zero attached hydrogens (tertiary/aromatic N) is 1. The van der Waals surface area contributed by atoms with Crippen LogP contribution >= 0.6 is 0 Å². The molecule has 2 aliphatic rings. The molecule has 5 heteroatoms. The Kier molecular flexibility index (Phi) is 12.0. The Balaban J connectivity index is 0. The largest absolute Gasteiger partial charge is 0 e. The van der Waals surface area contributed by atoms with Crippen molar-refractivity contribution in [1.82, 2.24) is 0 Å². The Bertz CT molecular complexity index is 491. The van der Waals surface area contributed by atoms with Crippen LogP contribution in [-0.4, -0.2) is 12.3 Å². The summed E-state index contributed by atoms with van der Waals surface area (Å²) in [6.45, 7) is 16.9. The maximum absolute atomic E-state index is 7.50. The number of fused-ring (bicyclic) bond motifs is 3. The van der Waals surface area contributed by atoms with Crippen LogP contribution in [0.15, 0.2) is 29.3 Å². The molecule has 0 unspecified atom stereocenters. The van der Waals surface area contributed by atoms with Crippen molar-refractivity contribution in [2.24, 2.45) is 10.9 Å². The fourth-order valence-corrected chi connectivity index (χ4v) is 2.69. The van der Waals surface area contributed by atoms with Crippen molar-refractivity contribution in [2.75, 3.05) is 6.54 Å². The Hall–Kier alpha value is -1.36. The van der Waals surface area contributed by atoms with E-state index in [1.54, 1.807) is 0 Å². The summed E-state index contributed by atoms with van der Waals surface area (Å²) < 4.78 is 22.5. The zero-order valence-corrected chi connectivity index (χ0v) is 12.2. The number of aliphatic imine (C=N–C) groups is 1. The third-order valence-electron chi connectivity index (χ3n) is 3.40. The van der Waals surface area contributed by atoms with E-state index < -0.39 is 0 Å². The second kappa shape index (κ2) is 11.5. The van der Waals surface area contributed by atoms with Gasteiger partial charge in [-0.1, -0.05) is 31.2 Å². The van der Waals surface area contributed by atoms with Crippen molar-refractivity contribution >= 4 is 5.71 Å². The molecule has 1 aliphatic heterocycles. The van der Waals surface area contributed by atoms with Crippen molar-refractivity contribution in [3.05, 3.63) is 55.3 Å². The molecule has 1 aliphatic carbocycles. The second-order valence-corrected chi connectivity index (χ2v) is 4.04. The monoisotopic (exact) mass is 307 g/mol. The van der Waals surface area contributed by atoms with Gasteiger partial charge in [0.25, 0.3) is 0 Å². The summed E-state index contributed by atoms with van der Waals surface area (Å²) in [6.07, 6.45) is 1.26. The molecule has 2 atom stereocenters. The molecule has 3 rings (SSSR count). The molecule has 0 spiro atoms. The van der Waals surface area contributed by atoms with E-state index in [1.807, 2.05) is 0 Å². The van der Waals surface area contributed by atoms with Crippen LogP contribution in [0.5, 0.6) is 0 Å². The molecular weight excluding hydrogens is 294 g/mol. The fraction of sp³-hybridized carbons (Fsp3) is 0.333. The molecule has 0 fully saturated rings. The minimum absolute atomic E-state index is 0.